The van der Waals surface area contributed by atoms with Gasteiger partial charge >= 0.3 is 0 Å². The van der Waals surface area contributed by atoms with E-state index in [0.717, 1.165) is 29.0 Å². The van der Waals surface area contributed by atoms with Crippen LogP contribution in [0.4, 0.5) is 0 Å². The Bertz CT molecular complexity index is 837. The number of alkyl halides is 2. The molecule has 2 aromatic carbocycles. The fraction of sp³-hybridized carbons (Fsp3) is 0.478. The standard InChI is InChI=1S/C23H26Br4Cl2O2/c1-7-22(5,28)30-19-15(24)9-13(10-16(19)25)21(3,4)14-11-17(26)20(18(27)12-14)31-23(6,29)8-2/h9-12H,7-8H2,1-6H3. The van der Waals surface area contributed by atoms with Gasteiger partial charge in [-0.25, -0.2) is 0 Å². The third kappa shape index (κ3) is 6.79. The van der Waals surface area contributed by atoms with Crippen molar-refractivity contribution in [2.24, 2.45) is 0 Å². The van der Waals surface area contributed by atoms with Crippen LogP contribution in [0, 0.1) is 0 Å². The van der Waals surface area contributed by atoms with Gasteiger partial charge in [-0.3, -0.25) is 0 Å². The SMILES string of the molecule is CCC(C)(Cl)Oc1c(Br)cc(C(C)(C)c2cc(Br)c(OC(C)(Cl)CC)c(Br)c2)cc1Br. The van der Waals surface area contributed by atoms with E-state index in [4.69, 9.17) is 32.7 Å². The summed E-state index contributed by atoms with van der Waals surface area (Å²) in [6, 6.07) is 8.29. The van der Waals surface area contributed by atoms with Crippen molar-refractivity contribution in [3.05, 3.63) is 53.3 Å². The minimum absolute atomic E-state index is 0.308. The van der Waals surface area contributed by atoms with E-state index in [1.54, 1.807) is 0 Å². The molecule has 0 aromatic heterocycles. The molecule has 0 saturated carbocycles. The van der Waals surface area contributed by atoms with Crippen LogP contribution in [-0.4, -0.2) is 10.1 Å². The summed E-state index contributed by atoms with van der Waals surface area (Å²) in [6.45, 7) is 12.0. The third-order valence-electron chi connectivity index (χ3n) is 5.33. The van der Waals surface area contributed by atoms with Crippen LogP contribution in [0.3, 0.4) is 0 Å². The van der Waals surface area contributed by atoms with Gasteiger partial charge in [-0.05, 0) is 126 Å². The minimum atomic E-state index is -0.775. The minimum Gasteiger partial charge on any atom is -0.470 e. The van der Waals surface area contributed by atoms with Crippen molar-refractivity contribution in [1.82, 2.24) is 0 Å². The maximum absolute atomic E-state index is 6.44. The Kier molecular flexibility index (Phi) is 9.35. The summed E-state index contributed by atoms with van der Waals surface area (Å²) in [6.07, 6.45) is 1.35. The summed E-state index contributed by atoms with van der Waals surface area (Å²) in [5, 5.41) is -1.55. The van der Waals surface area contributed by atoms with Crippen LogP contribution in [0.15, 0.2) is 42.2 Å². The number of hydrogen-bond acceptors (Lipinski definition) is 2. The molecular formula is C23H26Br4Cl2O2. The van der Waals surface area contributed by atoms with E-state index in [1.165, 1.54) is 0 Å². The van der Waals surface area contributed by atoms with Gasteiger partial charge in [0.1, 0.15) is 11.5 Å². The molecule has 0 bridgehead atoms. The third-order valence-corrected chi connectivity index (χ3v) is 8.38. The molecule has 0 spiro atoms. The Morgan fingerprint density at radius 2 is 0.903 bits per heavy atom. The van der Waals surface area contributed by atoms with Crippen LogP contribution in [0.1, 0.15) is 65.5 Å². The Balaban J connectivity index is 2.48. The number of rotatable bonds is 8. The first-order valence-corrected chi connectivity index (χ1v) is 13.8. The average molecular weight is 725 g/mol. The van der Waals surface area contributed by atoms with Crippen molar-refractivity contribution in [2.45, 2.75) is 69.9 Å². The van der Waals surface area contributed by atoms with E-state index in [9.17, 15) is 0 Å². The van der Waals surface area contributed by atoms with Gasteiger partial charge in [-0.15, -0.1) is 0 Å². The average Bonchev–Trinajstić information content (AvgIpc) is 2.67. The number of ether oxygens (including phenoxy) is 2. The van der Waals surface area contributed by atoms with Crippen LogP contribution in [0.2, 0.25) is 0 Å². The van der Waals surface area contributed by atoms with E-state index in [-0.39, 0.29) is 5.41 Å². The molecular weight excluding hydrogens is 699 g/mol. The summed E-state index contributed by atoms with van der Waals surface area (Å²) in [5.41, 5.74) is 1.90. The molecule has 0 aliphatic heterocycles. The van der Waals surface area contributed by atoms with Crippen molar-refractivity contribution in [3.8, 4) is 11.5 Å². The van der Waals surface area contributed by atoms with Gasteiger partial charge in [-0.1, -0.05) is 50.9 Å². The van der Waals surface area contributed by atoms with E-state index >= 15 is 0 Å². The molecule has 2 rings (SSSR count). The number of hydrogen-bond donors (Lipinski definition) is 0. The van der Waals surface area contributed by atoms with E-state index in [1.807, 2.05) is 27.7 Å². The monoisotopic (exact) mass is 720 g/mol. The first kappa shape index (κ1) is 27.8. The normalized spacial score (nSPS) is 15.9. The highest BCUT2D eigenvalue weighted by Gasteiger charge is 2.30. The summed E-state index contributed by atoms with van der Waals surface area (Å²) < 4.78 is 15.4. The Morgan fingerprint density at radius 1 is 0.645 bits per heavy atom. The van der Waals surface area contributed by atoms with Crippen LogP contribution in [0.5, 0.6) is 11.5 Å². The molecule has 2 nitrogen and oxygen atoms in total. The van der Waals surface area contributed by atoms with Crippen molar-refractivity contribution >= 4 is 86.9 Å². The van der Waals surface area contributed by atoms with E-state index < -0.39 is 10.1 Å². The highest BCUT2D eigenvalue weighted by Crippen LogP contribution is 2.46. The molecule has 172 valence electrons. The molecule has 8 heteroatoms. The maximum atomic E-state index is 6.44. The fourth-order valence-corrected chi connectivity index (χ4v) is 5.62. The molecule has 0 radical (unpaired) electrons. The second kappa shape index (κ2) is 10.4. The molecule has 2 unspecified atom stereocenters. The zero-order chi connectivity index (χ0) is 23.8. The predicted molar refractivity (Wildman–Crippen MR) is 146 cm³/mol. The largest absolute Gasteiger partial charge is 0.470 e. The number of halogens is 6. The van der Waals surface area contributed by atoms with Gasteiger partial charge in [0.05, 0.1) is 17.9 Å². The topological polar surface area (TPSA) is 18.5 Å². The molecule has 2 aromatic rings. The second-order valence-electron chi connectivity index (χ2n) is 8.28. The van der Waals surface area contributed by atoms with Gasteiger partial charge in [0.25, 0.3) is 0 Å². The first-order chi connectivity index (χ1) is 14.1. The summed E-state index contributed by atoms with van der Waals surface area (Å²) >= 11 is 27.5. The van der Waals surface area contributed by atoms with Gasteiger partial charge < -0.3 is 9.47 Å². The van der Waals surface area contributed by atoms with Crippen molar-refractivity contribution in [1.29, 1.82) is 0 Å². The molecule has 0 fully saturated rings. The first-order valence-electron chi connectivity index (χ1n) is 9.88. The summed E-state index contributed by atoms with van der Waals surface area (Å²) in [5.74, 6) is 1.37. The van der Waals surface area contributed by atoms with Crippen molar-refractivity contribution in [2.75, 3.05) is 0 Å². The van der Waals surface area contributed by atoms with E-state index in [2.05, 4.69) is 102 Å². The van der Waals surface area contributed by atoms with Gasteiger partial charge in [-0.2, -0.15) is 0 Å². The van der Waals surface area contributed by atoms with Gasteiger partial charge in [0.2, 0.25) is 0 Å². The Hall–Kier alpha value is 0.540. The van der Waals surface area contributed by atoms with Crippen molar-refractivity contribution in [3.63, 3.8) is 0 Å². The van der Waals surface area contributed by atoms with Crippen LogP contribution < -0.4 is 9.47 Å². The maximum Gasteiger partial charge on any atom is 0.179 e. The molecule has 0 amide bonds. The lowest BCUT2D eigenvalue weighted by molar-refractivity contribution is 0.170. The van der Waals surface area contributed by atoms with Crippen molar-refractivity contribution < 1.29 is 9.47 Å². The van der Waals surface area contributed by atoms with Crippen LogP contribution in [0.25, 0.3) is 0 Å². The molecule has 0 saturated heterocycles. The molecule has 2 atom stereocenters. The number of benzene rings is 2. The Morgan fingerprint density at radius 3 is 1.13 bits per heavy atom. The van der Waals surface area contributed by atoms with Crippen LogP contribution in [-0.2, 0) is 5.41 Å². The quantitative estimate of drug-likeness (QED) is 0.253. The molecule has 0 aliphatic rings. The highest BCUT2D eigenvalue weighted by molar-refractivity contribution is 9.11. The zero-order valence-corrected chi connectivity index (χ0v) is 26.2. The smallest absolute Gasteiger partial charge is 0.179 e. The Labute approximate surface area is 229 Å². The predicted octanol–water partition coefficient (Wildman–Crippen LogP) is 10.6. The molecule has 31 heavy (non-hydrogen) atoms. The molecule has 0 N–H and O–H groups in total. The highest BCUT2D eigenvalue weighted by atomic mass is 79.9. The lowest BCUT2D eigenvalue weighted by atomic mass is 9.78. The van der Waals surface area contributed by atoms with Crippen LogP contribution >= 0.6 is 86.9 Å². The summed E-state index contributed by atoms with van der Waals surface area (Å²) in [4.78, 5) is 0. The lowest BCUT2D eigenvalue weighted by Gasteiger charge is -2.30. The van der Waals surface area contributed by atoms with Gasteiger partial charge in [0.15, 0.2) is 10.1 Å². The zero-order valence-electron chi connectivity index (χ0n) is 18.3. The molecule has 0 aliphatic carbocycles. The lowest BCUT2D eigenvalue weighted by Crippen LogP contribution is -2.25. The summed E-state index contributed by atoms with van der Waals surface area (Å²) in [7, 11) is 0. The van der Waals surface area contributed by atoms with E-state index in [0.29, 0.717) is 24.3 Å². The fourth-order valence-electron chi connectivity index (χ4n) is 2.77. The van der Waals surface area contributed by atoms with Gasteiger partial charge in [0, 0.05) is 5.41 Å². The second-order valence-corrected chi connectivity index (χ2v) is 13.3. The molecule has 0 heterocycles.